The molecule has 10 nitrogen and oxygen atoms in total. The molecule has 0 spiro atoms. The number of aryl methyl sites for hydroxylation is 1. The van der Waals surface area contributed by atoms with Crippen molar-refractivity contribution >= 4 is 40.2 Å². The van der Waals surface area contributed by atoms with E-state index < -0.39 is 24.0 Å². The van der Waals surface area contributed by atoms with Gasteiger partial charge in [-0.1, -0.05) is 30.0 Å². The predicted octanol–water partition coefficient (Wildman–Crippen LogP) is 6.93. The van der Waals surface area contributed by atoms with Crippen LogP contribution in [-0.2, 0) is 11.2 Å². The van der Waals surface area contributed by atoms with Gasteiger partial charge in [0.05, 0.1) is 22.8 Å². The second-order valence-corrected chi connectivity index (χ2v) is 11.2. The molecule has 0 aliphatic carbocycles. The monoisotopic (exact) mass is 661 g/mol. The van der Waals surface area contributed by atoms with Crippen molar-refractivity contribution in [2.24, 2.45) is 4.99 Å². The van der Waals surface area contributed by atoms with Crippen LogP contribution in [0.4, 0.5) is 33.7 Å². The molecule has 0 unspecified atom stereocenters. The first-order valence-electron chi connectivity index (χ1n) is 13.9. The van der Waals surface area contributed by atoms with Gasteiger partial charge in [-0.3, -0.25) is 14.7 Å². The summed E-state index contributed by atoms with van der Waals surface area (Å²) in [5.74, 6) is -1.20. The number of nitrogens with zero attached hydrogens (tertiary/aromatic N) is 6. The van der Waals surface area contributed by atoms with E-state index in [2.05, 4.69) is 30.1 Å². The third kappa shape index (κ3) is 7.47. The van der Waals surface area contributed by atoms with Crippen LogP contribution in [0.3, 0.4) is 0 Å². The Hall–Kier alpha value is -5.57. The van der Waals surface area contributed by atoms with Crippen molar-refractivity contribution < 1.29 is 31.9 Å². The van der Waals surface area contributed by atoms with E-state index in [1.807, 2.05) is 37.3 Å². The van der Waals surface area contributed by atoms with Gasteiger partial charge in [-0.2, -0.15) is 4.99 Å². The lowest BCUT2D eigenvalue weighted by atomic mass is 10.0. The molecule has 0 atom stereocenters. The van der Waals surface area contributed by atoms with Crippen molar-refractivity contribution in [3.05, 3.63) is 114 Å². The summed E-state index contributed by atoms with van der Waals surface area (Å²) in [7, 11) is 0. The van der Waals surface area contributed by atoms with E-state index >= 15 is 4.39 Å². The van der Waals surface area contributed by atoms with Crippen molar-refractivity contribution in [2.75, 3.05) is 16.0 Å². The van der Waals surface area contributed by atoms with Crippen LogP contribution in [0.1, 0.15) is 16.7 Å². The number of pyridine rings is 1. The van der Waals surface area contributed by atoms with Crippen LogP contribution in [-0.4, -0.2) is 49.0 Å². The number of halogens is 4. The minimum Gasteiger partial charge on any atom is -0.406 e. The quantitative estimate of drug-likeness (QED) is 0.188. The molecule has 47 heavy (non-hydrogen) atoms. The average Bonchev–Trinajstić information content (AvgIpc) is 3.66. The summed E-state index contributed by atoms with van der Waals surface area (Å²) in [6.07, 6.45) is 0.432. The Labute approximate surface area is 269 Å². The van der Waals surface area contributed by atoms with Gasteiger partial charge in [0.25, 0.3) is 0 Å². The van der Waals surface area contributed by atoms with Gasteiger partial charge in [0.15, 0.2) is 11.0 Å². The van der Waals surface area contributed by atoms with Crippen LogP contribution in [0.25, 0.3) is 17.1 Å². The number of urea groups is 1. The summed E-state index contributed by atoms with van der Waals surface area (Å²) in [5.41, 5.74) is 3.83. The molecular weight excluding hydrogens is 638 g/mol. The summed E-state index contributed by atoms with van der Waals surface area (Å²) >= 11 is 1.10. The Morgan fingerprint density at radius 1 is 1.09 bits per heavy atom. The van der Waals surface area contributed by atoms with Gasteiger partial charge in [-0.15, -0.1) is 18.3 Å². The minimum atomic E-state index is -4.81. The van der Waals surface area contributed by atoms with E-state index in [4.69, 9.17) is 0 Å². The molecule has 3 heterocycles. The van der Waals surface area contributed by atoms with Crippen LogP contribution in [0.5, 0.6) is 5.75 Å². The number of amidine groups is 1. The highest BCUT2D eigenvalue weighted by Gasteiger charge is 2.32. The number of amides is 3. The summed E-state index contributed by atoms with van der Waals surface area (Å²) in [4.78, 5) is 39.7. The molecule has 1 fully saturated rings. The SMILES string of the molecule is Cc1ccc(Cc2cccnc2)c(N2C(=O)CS/C2=N\C(=O)Nc2ccc(-c3ncn(-c4ccc(OC(F)(F)F)cc4)n3)cc2F)c1. The number of rotatable bonds is 7. The topological polar surface area (TPSA) is 115 Å². The van der Waals surface area contributed by atoms with Crippen molar-refractivity contribution in [3.8, 4) is 22.8 Å². The predicted molar refractivity (Wildman–Crippen MR) is 168 cm³/mol. The first-order chi connectivity index (χ1) is 22.5. The highest BCUT2D eigenvalue weighted by Crippen LogP contribution is 2.32. The number of nitrogens with one attached hydrogen (secondary N) is 1. The largest absolute Gasteiger partial charge is 0.573 e. The fraction of sp³-hybridized carbons (Fsp3) is 0.125. The molecule has 15 heteroatoms. The minimum absolute atomic E-state index is 0.0839. The molecule has 0 bridgehead atoms. The van der Waals surface area contributed by atoms with E-state index in [1.165, 1.54) is 40.2 Å². The number of carbonyl (C=O) groups is 2. The molecule has 6 rings (SSSR count). The van der Waals surface area contributed by atoms with Crippen molar-refractivity contribution in [2.45, 2.75) is 19.7 Å². The zero-order valence-electron chi connectivity index (χ0n) is 24.4. The second-order valence-electron chi connectivity index (χ2n) is 10.3. The zero-order valence-corrected chi connectivity index (χ0v) is 25.2. The molecule has 0 saturated carbocycles. The Kier molecular flexibility index (Phi) is 8.72. The van der Waals surface area contributed by atoms with Crippen molar-refractivity contribution in [1.29, 1.82) is 0 Å². The number of ether oxygens (including phenoxy) is 1. The Morgan fingerprint density at radius 2 is 1.89 bits per heavy atom. The summed E-state index contributed by atoms with van der Waals surface area (Å²) < 4.78 is 57.6. The van der Waals surface area contributed by atoms with Crippen LogP contribution in [0.15, 0.2) is 96.5 Å². The van der Waals surface area contributed by atoms with Gasteiger partial charge in [0.2, 0.25) is 5.91 Å². The van der Waals surface area contributed by atoms with Gasteiger partial charge in [0.1, 0.15) is 17.9 Å². The number of thioether (sulfide) groups is 1. The van der Waals surface area contributed by atoms with Crippen LogP contribution in [0, 0.1) is 12.7 Å². The van der Waals surface area contributed by atoms with E-state index in [0.29, 0.717) is 17.8 Å². The second kappa shape index (κ2) is 13.0. The number of alkyl halides is 3. The molecule has 3 amide bonds. The molecular formula is C32H23F4N7O3S. The van der Waals surface area contributed by atoms with Crippen molar-refractivity contribution in [3.63, 3.8) is 0 Å². The molecule has 238 valence electrons. The fourth-order valence-corrected chi connectivity index (χ4v) is 5.60. The van der Waals surface area contributed by atoms with E-state index in [-0.39, 0.29) is 33.9 Å². The number of hydrogen-bond acceptors (Lipinski definition) is 7. The molecule has 1 aliphatic heterocycles. The maximum atomic E-state index is 15.1. The fourth-order valence-electron chi connectivity index (χ4n) is 4.74. The maximum Gasteiger partial charge on any atom is 0.573 e. The van der Waals surface area contributed by atoms with E-state index in [1.54, 1.807) is 12.4 Å². The average molecular weight is 662 g/mol. The summed E-state index contributed by atoms with van der Waals surface area (Å²) in [6.45, 7) is 1.90. The van der Waals surface area contributed by atoms with Gasteiger partial charge >= 0.3 is 12.4 Å². The molecule has 3 aromatic carbocycles. The van der Waals surface area contributed by atoms with Crippen molar-refractivity contribution in [1.82, 2.24) is 19.7 Å². The molecule has 5 aromatic rings. The summed E-state index contributed by atoms with van der Waals surface area (Å²) in [5, 5.41) is 6.85. The van der Waals surface area contributed by atoms with Crippen LogP contribution < -0.4 is 15.0 Å². The number of anilines is 2. The van der Waals surface area contributed by atoms with Gasteiger partial charge in [-0.25, -0.2) is 18.9 Å². The lowest BCUT2D eigenvalue weighted by molar-refractivity contribution is -0.274. The third-order valence-electron chi connectivity index (χ3n) is 6.86. The standard InChI is InChI=1S/C32H23F4N7O3S/c1-19-4-5-21(14-20-3-2-12-37-16-20)27(13-19)43-28(44)17-47-31(43)40-30(45)39-26-11-6-22(15-25(26)33)29-38-18-42(41-29)23-7-9-24(10-8-23)46-32(34,35)36/h2-13,15-16,18H,14,17H2,1H3,(H,39,45)/b40-31-. The van der Waals surface area contributed by atoms with Crippen LogP contribution >= 0.6 is 11.8 Å². The normalized spacial score (nSPS) is 14.1. The Balaban J connectivity index is 1.17. The first-order valence-corrected chi connectivity index (χ1v) is 14.9. The summed E-state index contributed by atoms with van der Waals surface area (Å²) in [6, 6.07) is 17.5. The Bertz CT molecular complexity index is 1980. The lowest BCUT2D eigenvalue weighted by Gasteiger charge is -2.20. The highest BCUT2D eigenvalue weighted by molar-refractivity contribution is 8.15. The third-order valence-corrected chi connectivity index (χ3v) is 7.78. The zero-order chi connectivity index (χ0) is 33.1. The molecule has 1 N–H and O–H groups in total. The molecule has 1 aliphatic rings. The van der Waals surface area contributed by atoms with E-state index in [9.17, 15) is 22.8 Å². The number of aliphatic imine (C=N–C) groups is 1. The van der Waals surface area contributed by atoms with Gasteiger partial charge < -0.3 is 10.1 Å². The molecule has 2 aromatic heterocycles. The number of aromatic nitrogens is 4. The van der Waals surface area contributed by atoms with Crippen LogP contribution in [0.2, 0.25) is 0 Å². The lowest BCUT2D eigenvalue weighted by Crippen LogP contribution is -2.31. The molecule has 0 radical (unpaired) electrons. The molecule has 1 saturated heterocycles. The highest BCUT2D eigenvalue weighted by atomic mass is 32.2. The van der Waals surface area contributed by atoms with Gasteiger partial charge in [0, 0.05) is 24.4 Å². The number of hydrogen-bond donors (Lipinski definition) is 1. The van der Waals surface area contributed by atoms with Gasteiger partial charge in [-0.05, 0) is 78.2 Å². The van der Waals surface area contributed by atoms with E-state index in [0.717, 1.165) is 46.7 Å². The number of carbonyl (C=O) groups excluding carboxylic acids is 2. The number of benzene rings is 3. The Morgan fingerprint density at radius 3 is 2.62 bits per heavy atom. The maximum absolute atomic E-state index is 15.1. The first kappa shape index (κ1) is 31.4. The smallest absolute Gasteiger partial charge is 0.406 e.